The van der Waals surface area contributed by atoms with Gasteiger partial charge < -0.3 is 16.2 Å². The highest BCUT2D eigenvalue weighted by atomic mass is 16.5. The van der Waals surface area contributed by atoms with Crippen molar-refractivity contribution in [2.45, 2.75) is 39.7 Å². The summed E-state index contributed by atoms with van der Waals surface area (Å²) in [4.78, 5) is 0. The van der Waals surface area contributed by atoms with Gasteiger partial charge in [-0.2, -0.15) is 0 Å². The molecular formula is C14H24N2O. The first kappa shape index (κ1) is 14.0. The first-order chi connectivity index (χ1) is 8.02. The molecule has 3 heteroatoms. The van der Waals surface area contributed by atoms with Crippen LogP contribution in [0, 0.1) is 20.8 Å². The van der Waals surface area contributed by atoms with Crippen LogP contribution in [0.1, 0.15) is 41.1 Å². The maximum Gasteiger partial charge on any atom is 0.127 e. The van der Waals surface area contributed by atoms with E-state index in [1.54, 1.807) is 7.11 Å². The molecule has 0 fully saturated rings. The third-order valence-corrected chi connectivity index (χ3v) is 3.33. The maximum atomic E-state index is 6.24. The van der Waals surface area contributed by atoms with Crippen molar-refractivity contribution in [2.24, 2.45) is 11.5 Å². The van der Waals surface area contributed by atoms with Crippen LogP contribution < -0.4 is 16.2 Å². The number of ether oxygens (including phenoxy) is 1. The molecule has 1 aromatic rings. The SMILES string of the molecule is COc1c(C)c(C)cc(C)c1C(N)CCCN. The van der Waals surface area contributed by atoms with Crippen molar-refractivity contribution in [3.63, 3.8) is 0 Å². The number of hydrogen-bond donors (Lipinski definition) is 2. The largest absolute Gasteiger partial charge is 0.496 e. The van der Waals surface area contributed by atoms with Crippen molar-refractivity contribution < 1.29 is 4.74 Å². The molecule has 0 heterocycles. The van der Waals surface area contributed by atoms with Crippen molar-refractivity contribution in [2.75, 3.05) is 13.7 Å². The normalized spacial score (nSPS) is 12.6. The van der Waals surface area contributed by atoms with E-state index in [0.717, 1.165) is 24.2 Å². The second-order valence-electron chi connectivity index (χ2n) is 4.62. The Bertz CT molecular complexity index is 388. The Hall–Kier alpha value is -1.06. The number of nitrogens with two attached hydrogens (primary N) is 2. The van der Waals surface area contributed by atoms with Gasteiger partial charge in [0, 0.05) is 11.6 Å². The van der Waals surface area contributed by atoms with E-state index in [1.807, 2.05) is 0 Å². The molecule has 96 valence electrons. The van der Waals surface area contributed by atoms with Gasteiger partial charge in [-0.1, -0.05) is 6.07 Å². The summed E-state index contributed by atoms with van der Waals surface area (Å²) in [6.07, 6.45) is 1.84. The van der Waals surface area contributed by atoms with Crippen LogP contribution >= 0.6 is 0 Å². The van der Waals surface area contributed by atoms with E-state index in [4.69, 9.17) is 16.2 Å². The molecule has 1 rings (SSSR count). The minimum absolute atomic E-state index is 0.00722. The predicted molar refractivity (Wildman–Crippen MR) is 72.4 cm³/mol. The lowest BCUT2D eigenvalue weighted by atomic mass is 9.92. The number of rotatable bonds is 5. The first-order valence-corrected chi connectivity index (χ1v) is 6.13. The van der Waals surface area contributed by atoms with Crippen LogP contribution in [0.15, 0.2) is 6.07 Å². The zero-order valence-corrected chi connectivity index (χ0v) is 11.3. The summed E-state index contributed by atoms with van der Waals surface area (Å²) < 4.78 is 5.53. The van der Waals surface area contributed by atoms with Crippen molar-refractivity contribution in [3.8, 4) is 5.75 Å². The van der Waals surface area contributed by atoms with Crippen LogP contribution in [0.4, 0.5) is 0 Å². The molecule has 0 aliphatic carbocycles. The minimum Gasteiger partial charge on any atom is -0.496 e. The Labute approximate surface area is 104 Å². The topological polar surface area (TPSA) is 61.3 Å². The summed E-state index contributed by atoms with van der Waals surface area (Å²) in [6, 6.07) is 2.18. The fourth-order valence-corrected chi connectivity index (χ4v) is 2.28. The first-order valence-electron chi connectivity index (χ1n) is 6.13. The number of benzene rings is 1. The van der Waals surface area contributed by atoms with Crippen LogP contribution in [0.25, 0.3) is 0 Å². The van der Waals surface area contributed by atoms with E-state index < -0.39 is 0 Å². The molecule has 0 radical (unpaired) electrons. The molecule has 1 aromatic carbocycles. The van der Waals surface area contributed by atoms with E-state index in [9.17, 15) is 0 Å². The lowest BCUT2D eigenvalue weighted by Gasteiger charge is -2.21. The summed E-state index contributed by atoms with van der Waals surface area (Å²) in [6.45, 7) is 6.94. The highest BCUT2D eigenvalue weighted by molar-refractivity contribution is 5.51. The van der Waals surface area contributed by atoms with E-state index in [1.165, 1.54) is 16.7 Å². The van der Waals surface area contributed by atoms with E-state index >= 15 is 0 Å². The van der Waals surface area contributed by atoms with Gasteiger partial charge in [0.25, 0.3) is 0 Å². The zero-order chi connectivity index (χ0) is 13.0. The maximum absolute atomic E-state index is 6.24. The smallest absolute Gasteiger partial charge is 0.127 e. The molecule has 1 unspecified atom stereocenters. The molecule has 0 amide bonds. The van der Waals surface area contributed by atoms with Crippen molar-refractivity contribution in [1.29, 1.82) is 0 Å². The second kappa shape index (κ2) is 6.03. The Morgan fingerprint density at radius 3 is 2.41 bits per heavy atom. The van der Waals surface area contributed by atoms with Gasteiger partial charge in [-0.15, -0.1) is 0 Å². The van der Waals surface area contributed by atoms with Gasteiger partial charge in [0.2, 0.25) is 0 Å². The molecule has 0 saturated carbocycles. The van der Waals surface area contributed by atoms with Crippen molar-refractivity contribution in [1.82, 2.24) is 0 Å². The Kier molecular flexibility index (Phi) is 4.97. The standard InChI is InChI=1S/C14H24N2O/c1-9-8-10(2)13(12(16)6-5-7-15)14(17-4)11(9)3/h8,12H,5-7,15-16H2,1-4H3. The third-order valence-electron chi connectivity index (χ3n) is 3.33. The van der Waals surface area contributed by atoms with Crippen molar-refractivity contribution in [3.05, 3.63) is 28.3 Å². The molecular weight excluding hydrogens is 212 g/mol. The molecule has 3 nitrogen and oxygen atoms in total. The van der Waals surface area contributed by atoms with Gasteiger partial charge in [0.15, 0.2) is 0 Å². The van der Waals surface area contributed by atoms with E-state index in [-0.39, 0.29) is 6.04 Å². The average Bonchev–Trinajstić information content (AvgIpc) is 2.30. The van der Waals surface area contributed by atoms with Crippen LogP contribution in [-0.2, 0) is 0 Å². The Balaban J connectivity index is 3.17. The molecule has 0 spiro atoms. The van der Waals surface area contributed by atoms with Gasteiger partial charge in [-0.05, 0) is 56.8 Å². The average molecular weight is 236 g/mol. The molecule has 0 saturated heterocycles. The van der Waals surface area contributed by atoms with Gasteiger partial charge in [0.1, 0.15) is 5.75 Å². The second-order valence-corrected chi connectivity index (χ2v) is 4.62. The number of methoxy groups -OCH3 is 1. The van der Waals surface area contributed by atoms with Crippen LogP contribution in [0.5, 0.6) is 5.75 Å². The highest BCUT2D eigenvalue weighted by Crippen LogP contribution is 2.34. The molecule has 17 heavy (non-hydrogen) atoms. The molecule has 0 aromatic heterocycles. The summed E-state index contributed by atoms with van der Waals surface area (Å²) in [5.41, 5.74) is 16.5. The molecule has 0 aliphatic rings. The van der Waals surface area contributed by atoms with Crippen LogP contribution in [0.2, 0.25) is 0 Å². The molecule has 0 aliphatic heterocycles. The summed E-state index contributed by atoms with van der Waals surface area (Å²) >= 11 is 0. The van der Waals surface area contributed by atoms with Gasteiger partial charge in [0.05, 0.1) is 7.11 Å². The zero-order valence-electron chi connectivity index (χ0n) is 11.3. The summed E-state index contributed by atoms with van der Waals surface area (Å²) in [5, 5.41) is 0. The van der Waals surface area contributed by atoms with Crippen LogP contribution in [0.3, 0.4) is 0 Å². The van der Waals surface area contributed by atoms with E-state index in [2.05, 4.69) is 26.8 Å². The van der Waals surface area contributed by atoms with Gasteiger partial charge in [-0.3, -0.25) is 0 Å². The Morgan fingerprint density at radius 1 is 1.24 bits per heavy atom. The number of aryl methyl sites for hydroxylation is 2. The van der Waals surface area contributed by atoms with E-state index in [0.29, 0.717) is 6.54 Å². The molecule has 1 atom stereocenters. The summed E-state index contributed by atoms with van der Waals surface area (Å²) in [7, 11) is 1.71. The summed E-state index contributed by atoms with van der Waals surface area (Å²) in [5.74, 6) is 0.937. The van der Waals surface area contributed by atoms with Crippen molar-refractivity contribution >= 4 is 0 Å². The highest BCUT2D eigenvalue weighted by Gasteiger charge is 2.17. The quantitative estimate of drug-likeness (QED) is 0.825. The lowest BCUT2D eigenvalue weighted by Crippen LogP contribution is -2.16. The predicted octanol–water partition coefficient (Wildman–Crippen LogP) is 2.36. The number of hydrogen-bond acceptors (Lipinski definition) is 3. The van der Waals surface area contributed by atoms with Gasteiger partial charge in [-0.25, -0.2) is 0 Å². The fourth-order valence-electron chi connectivity index (χ4n) is 2.28. The Morgan fingerprint density at radius 2 is 1.88 bits per heavy atom. The van der Waals surface area contributed by atoms with Gasteiger partial charge >= 0.3 is 0 Å². The monoisotopic (exact) mass is 236 g/mol. The third kappa shape index (κ3) is 2.99. The van der Waals surface area contributed by atoms with Crippen LogP contribution in [-0.4, -0.2) is 13.7 Å². The molecule has 0 bridgehead atoms. The minimum atomic E-state index is 0.00722. The fraction of sp³-hybridized carbons (Fsp3) is 0.571. The lowest BCUT2D eigenvalue weighted by molar-refractivity contribution is 0.399. The molecule has 4 N–H and O–H groups in total.